The van der Waals surface area contributed by atoms with Gasteiger partial charge in [0, 0.05) is 19.8 Å². The number of nitriles is 1. The lowest BCUT2D eigenvalue weighted by Crippen LogP contribution is -2.07. The van der Waals surface area contributed by atoms with Crippen LogP contribution in [0, 0.1) is 11.3 Å². The van der Waals surface area contributed by atoms with E-state index >= 15 is 0 Å². The predicted octanol–water partition coefficient (Wildman–Crippen LogP) is 2.14. The number of anilines is 1. The van der Waals surface area contributed by atoms with Gasteiger partial charge in [0.05, 0.1) is 0 Å². The third-order valence-electron chi connectivity index (χ3n) is 2.28. The molecule has 0 atom stereocenters. The van der Waals surface area contributed by atoms with Crippen molar-refractivity contribution < 1.29 is 9.84 Å². The molecule has 0 heterocycles. The Labute approximate surface area is 107 Å². The predicted molar refractivity (Wildman–Crippen MR) is 71.7 cm³/mol. The summed E-state index contributed by atoms with van der Waals surface area (Å²) in [5, 5.41) is 17.2. The van der Waals surface area contributed by atoms with Crippen molar-refractivity contribution in [3.05, 3.63) is 47.7 Å². The molecule has 1 rings (SSSR count). The van der Waals surface area contributed by atoms with E-state index in [2.05, 4.69) is 4.74 Å². The van der Waals surface area contributed by atoms with Gasteiger partial charge in [0.2, 0.25) is 0 Å². The number of allylic oxidation sites excluding steroid dienone is 3. The molecular formula is C14H16N2O2. The maximum atomic E-state index is 8.66. The first kappa shape index (κ1) is 13.8. The lowest BCUT2D eigenvalue weighted by Gasteiger charge is -2.11. The van der Waals surface area contributed by atoms with Gasteiger partial charge in [-0.1, -0.05) is 24.3 Å². The average Bonchev–Trinajstić information content (AvgIpc) is 2.38. The van der Waals surface area contributed by atoms with E-state index in [0.29, 0.717) is 0 Å². The Bertz CT molecular complexity index is 468. The highest BCUT2D eigenvalue weighted by atomic mass is 16.6. The number of aliphatic hydroxyl groups excluding tert-OH is 1. The van der Waals surface area contributed by atoms with Crippen molar-refractivity contribution >= 4 is 11.8 Å². The first-order valence-electron chi connectivity index (χ1n) is 5.47. The van der Waals surface area contributed by atoms with Gasteiger partial charge in [-0.05, 0) is 23.8 Å². The molecule has 0 saturated carbocycles. The number of nitrogens with zero attached hydrogens (tertiary/aromatic N) is 2. The zero-order valence-electron chi connectivity index (χ0n) is 10.5. The van der Waals surface area contributed by atoms with Gasteiger partial charge in [0.15, 0.2) is 12.6 Å². The molecule has 0 unspecified atom stereocenters. The van der Waals surface area contributed by atoms with Crippen molar-refractivity contribution in [1.29, 1.82) is 5.26 Å². The summed E-state index contributed by atoms with van der Waals surface area (Å²) in [6, 6.07) is 9.83. The summed E-state index contributed by atoms with van der Waals surface area (Å²) >= 11 is 0. The molecule has 0 radical (unpaired) electrons. The fourth-order valence-corrected chi connectivity index (χ4v) is 1.32. The van der Waals surface area contributed by atoms with Crippen LogP contribution in [0.5, 0.6) is 0 Å². The Morgan fingerprint density at radius 2 is 2.06 bits per heavy atom. The molecular weight excluding hydrogens is 228 g/mol. The van der Waals surface area contributed by atoms with Crippen molar-refractivity contribution in [3.8, 4) is 6.07 Å². The van der Waals surface area contributed by atoms with E-state index in [-0.39, 0.29) is 5.76 Å². The van der Waals surface area contributed by atoms with Gasteiger partial charge in [0.25, 0.3) is 0 Å². The van der Waals surface area contributed by atoms with Gasteiger partial charge in [-0.15, -0.1) is 0 Å². The van der Waals surface area contributed by atoms with Crippen LogP contribution in [0.2, 0.25) is 0 Å². The van der Waals surface area contributed by atoms with Gasteiger partial charge < -0.3 is 14.7 Å². The SMILES string of the molecule is CN(C)c1ccc(C=CC=C(C#N)OCO)cc1. The zero-order chi connectivity index (χ0) is 13.4. The fraction of sp³-hybridized carbons (Fsp3) is 0.214. The van der Waals surface area contributed by atoms with Gasteiger partial charge >= 0.3 is 0 Å². The molecule has 0 aromatic heterocycles. The molecule has 4 heteroatoms. The van der Waals surface area contributed by atoms with Crippen LogP contribution >= 0.6 is 0 Å². The smallest absolute Gasteiger partial charge is 0.199 e. The fourth-order valence-electron chi connectivity index (χ4n) is 1.32. The monoisotopic (exact) mass is 244 g/mol. The summed E-state index contributed by atoms with van der Waals surface area (Å²) in [6.45, 7) is -0.495. The maximum absolute atomic E-state index is 8.66. The van der Waals surface area contributed by atoms with Crippen molar-refractivity contribution in [2.45, 2.75) is 0 Å². The molecule has 0 bridgehead atoms. The summed E-state index contributed by atoms with van der Waals surface area (Å²) in [7, 11) is 3.97. The van der Waals surface area contributed by atoms with Crippen LogP contribution in [0.4, 0.5) is 5.69 Å². The molecule has 4 nitrogen and oxygen atoms in total. The first-order valence-corrected chi connectivity index (χ1v) is 5.47. The number of benzene rings is 1. The Kier molecular flexibility index (Phi) is 5.49. The number of hydrogen-bond acceptors (Lipinski definition) is 4. The van der Waals surface area contributed by atoms with Gasteiger partial charge in [-0.25, -0.2) is 0 Å². The molecule has 1 aromatic rings. The van der Waals surface area contributed by atoms with Gasteiger partial charge in [0.1, 0.15) is 6.07 Å². The van der Waals surface area contributed by atoms with E-state index in [1.807, 2.05) is 55.4 Å². The maximum Gasteiger partial charge on any atom is 0.199 e. The second kappa shape index (κ2) is 7.15. The zero-order valence-corrected chi connectivity index (χ0v) is 10.5. The van der Waals surface area contributed by atoms with E-state index in [9.17, 15) is 0 Å². The molecule has 0 spiro atoms. The number of aliphatic hydroxyl groups is 1. The number of rotatable bonds is 5. The summed E-state index contributed by atoms with van der Waals surface area (Å²) in [5.41, 5.74) is 2.15. The molecule has 1 aromatic carbocycles. The number of hydrogen-bond donors (Lipinski definition) is 1. The van der Waals surface area contributed by atoms with E-state index in [1.54, 1.807) is 6.08 Å². The molecule has 0 amide bonds. The quantitative estimate of drug-likeness (QED) is 0.373. The lowest BCUT2D eigenvalue weighted by molar-refractivity contribution is 0.0492. The first-order chi connectivity index (χ1) is 8.67. The Hall–Kier alpha value is -2.25. The number of ether oxygens (including phenoxy) is 1. The second-order valence-electron chi connectivity index (χ2n) is 3.76. The van der Waals surface area contributed by atoms with Gasteiger partial charge in [-0.2, -0.15) is 5.26 Å². The van der Waals surface area contributed by atoms with Crippen molar-refractivity contribution in [2.24, 2.45) is 0 Å². The molecule has 0 saturated heterocycles. The normalized spacial score (nSPS) is 11.3. The molecule has 0 aliphatic heterocycles. The summed E-state index contributed by atoms with van der Waals surface area (Å²) in [4.78, 5) is 2.02. The summed E-state index contributed by atoms with van der Waals surface area (Å²) < 4.78 is 4.68. The van der Waals surface area contributed by atoms with Crippen LogP contribution in [0.15, 0.2) is 42.2 Å². The Morgan fingerprint density at radius 1 is 1.39 bits per heavy atom. The van der Waals surface area contributed by atoms with Crippen LogP contribution in [-0.2, 0) is 4.74 Å². The minimum absolute atomic E-state index is 0.0821. The van der Waals surface area contributed by atoms with Crippen molar-refractivity contribution in [1.82, 2.24) is 0 Å². The molecule has 0 fully saturated rings. The molecule has 1 N–H and O–H groups in total. The van der Waals surface area contributed by atoms with E-state index in [4.69, 9.17) is 10.4 Å². The topological polar surface area (TPSA) is 56.5 Å². The van der Waals surface area contributed by atoms with Crippen molar-refractivity contribution in [3.63, 3.8) is 0 Å². The minimum atomic E-state index is -0.495. The summed E-state index contributed by atoms with van der Waals surface area (Å²) in [6.07, 6.45) is 5.08. The highest BCUT2D eigenvalue weighted by molar-refractivity contribution is 5.56. The third-order valence-corrected chi connectivity index (χ3v) is 2.28. The van der Waals surface area contributed by atoms with Crippen LogP contribution in [0.25, 0.3) is 6.08 Å². The van der Waals surface area contributed by atoms with Crippen LogP contribution in [-0.4, -0.2) is 26.0 Å². The highest BCUT2D eigenvalue weighted by Gasteiger charge is 1.94. The molecule has 0 aliphatic rings. The standard InChI is InChI=1S/C14H16N2O2/c1-16(2)13-8-6-12(7-9-13)4-3-5-14(10-15)18-11-17/h3-9,17H,11H2,1-2H3. The van der Waals surface area contributed by atoms with Crippen molar-refractivity contribution in [2.75, 3.05) is 25.8 Å². The molecule has 94 valence electrons. The largest absolute Gasteiger partial charge is 0.457 e. The van der Waals surface area contributed by atoms with Crippen LogP contribution in [0.1, 0.15) is 5.56 Å². The molecule has 0 aliphatic carbocycles. The third kappa shape index (κ3) is 4.32. The van der Waals surface area contributed by atoms with E-state index in [0.717, 1.165) is 11.3 Å². The molecule has 18 heavy (non-hydrogen) atoms. The Balaban J connectivity index is 2.70. The van der Waals surface area contributed by atoms with Gasteiger partial charge in [-0.3, -0.25) is 0 Å². The van der Waals surface area contributed by atoms with Crippen LogP contribution < -0.4 is 4.90 Å². The van der Waals surface area contributed by atoms with E-state index < -0.39 is 6.79 Å². The summed E-state index contributed by atoms with van der Waals surface area (Å²) in [5.74, 6) is 0.0821. The second-order valence-corrected chi connectivity index (χ2v) is 3.76. The average molecular weight is 244 g/mol. The highest BCUT2D eigenvalue weighted by Crippen LogP contribution is 2.13. The van der Waals surface area contributed by atoms with Crippen LogP contribution in [0.3, 0.4) is 0 Å². The van der Waals surface area contributed by atoms with E-state index in [1.165, 1.54) is 6.08 Å². The Morgan fingerprint density at radius 3 is 2.56 bits per heavy atom. The minimum Gasteiger partial charge on any atom is -0.457 e. The lowest BCUT2D eigenvalue weighted by atomic mass is 10.2.